The van der Waals surface area contributed by atoms with Crippen molar-refractivity contribution in [1.29, 1.82) is 0 Å². The average molecular weight is 421 g/mol. The van der Waals surface area contributed by atoms with Gasteiger partial charge in [-0.25, -0.2) is 12.8 Å². The molecule has 0 radical (unpaired) electrons. The Labute approximate surface area is 170 Å². The van der Waals surface area contributed by atoms with Gasteiger partial charge in [0, 0.05) is 38.3 Å². The van der Waals surface area contributed by atoms with E-state index in [2.05, 4.69) is 5.32 Å². The highest BCUT2D eigenvalue weighted by molar-refractivity contribution is 7.89. The van der Waals surface area contributed by atoms with Crippen LogP contribution in [0.4, 0.5) is 10.1 Å². The maximum atomic E-state index is 13.9. The average Bonchev–Trinajstić information content (AvgIpc) is 2.74. The third-order valence-electron chi connectivity index (χ3n) is 4.80. The van der Waals surface area contributed by atoms with Crippen molar-refractivity contribution in [3.8, 4) is 5.75 Å². The summed E-state index contributed by atoms with van der Waals surface area (Å²) in [6.45, 7) is 1.39. The monoisotopic (exact) mass is 421 g/mol. The first-order valence-electron chi connectivity index (χ1n) is 9.30. The van der Waals surface area contributed by atoms with E-state index in [-0.39, 0.29) is 37.1 Å². The fourth-order valence-electron chi connectivity index (χ4n) is 3.20. The fourth-order valence-corrected chi connectivity index (χ4v) is 4.54. The van der Waals surface area contributed by atoms with Crippen LogP contribution < -0.4 is 15.0 Å². The van der Waals surface area contributed by atoms with Crippen molar-refractivity contribution < 1.29 is 22.3 Å². The number of piperazine rings is 1. The molecule has 1 heterocycles. The Balaban J connectivity index is 1.50. The van der Waals surface area contributed by atoms with E-state index in [4.69, 9.17) is 4.74 Å². The van der Waals surface area contributed by atoms with E-state index >= 15 is 0 Å². The normalized spacial score (nSPS) is 15.2. The molecule has 0 bridgehead atoms. The van der Waals surface area contributed by atoms with Gasteiger partial charge in [-0.05, 0) is 30.3 Å². The molecule has 2 aromatic rings. The van der Waals surface area contributed by atoms with Crippen LogP contribution in [0.3, 0.4) is 0 Å². The molecule has 0 aromatic heterocycles. The lowest BCUT2D eigenvalue weighted by molar-refractivity contribution is 0.0955. The lowest BCUT2D eigenvalue weighted by Crippen LogP contribution is -2.50. The largest absolute Gasteiger partial charge is 0.497 e. The summed E-state index contributed by atoms with van der Waals surface area (Å²) in [5, 5.41) is 2.63. The summed E-state index contributed by atoms with van der Waals surface area (Å²) in [6.07, 6.45) is 0. The smallest absolute Gasteiger partial charge is 0.251 e. The Hall–Kier alpha value is -2.65. The zero-order valence-electron chi connectivity index (χ0n) is 16.2. The number of amides is 1. The van der Waals surface area contributed by atoms with Crippen molar-refractivity contribution in [3.05, 3.63) is 59.9 Å². The molecule has 0 spiro atoms. The van der Waals surface area contributed by atoms with Crippen molar-refractivity contribution >= 4 is 21.6 Å². The number of benzene rings is 2. The Morgan fingerprint density at radius 3 is 2.52 bits per heavy atom. The molecular weight excluding hydrogens is 397 g/mol. The SMILES string of the molecule is COc1cccc(C(=O)NCCS(=O)(=O)N2CCN(c3ccccc3F)CC2)c1. The minimum absolute atomic E-state index is 0.00586. The number of methoxy groups -OCH3 is 1. The minimum atomic E-state index is -3.52. The molecule has 0 unspecified atom stereocenters. The van der Waals surface area contributed by atoms with Crippen molar-refractivity contribution in [2.75, 3.05) is 50.5 Å². The summed E-state index contributed by atoms with van der Waals surface area (Å²) in [5.41, 5.74) is 0.885. The second kappa shape index (κ2) is 9.23. The standard InChI is InChI=1S/C20H24FN3O4S/c1-28-17-6-4-5-16(15-17)20(25)22-9-14-29(26,27)24-12-10-23(11-13-24)19-8-3-2-7-18(19)21/h2-8,15H,9-14H2,1H3,(H,22,25). The van der Waals surface area contributed by atoms with Crippen LogP contribution in [-0.2, 0) is 10.0 Å². The van der Waals surface area contributed by atoms with Gasteiger partial charge in [-0.3, -0.25) is 4.79 Å². The number of anilines is 1. The summed E-state index contributed by atoms with van der Waals surface area (Å²) in [7, 11) is -2.01. The highest BCUT2D eigenvalue weighted by atomic mass is 32.2. The van der Waals surface area contributed by atoms with Gasteiger partial charge in [-0.1, -0.05) is 18.2 Å². The zero-order valence-corrected chi connectivity index (χ0v) is 17.0. The lowest BCUT2D eigenvalue weighted by Gasteiger charge is -2.35. The second-order valence-corrected chi connectivity index (χ2v) is 8.73. The Bertz CT molecular complexity index is 960. The van der Waals surface area contributed by atoms with Gasteiger partial charge in [0.05, 0.1) is 18.6 Å². The molecule has 0 atom stereocenters. The molecule has 1 fully saturated rings. The first-order chi connectivity index (χ1) is 13.9. The molecule has 156 valence electrons. The van der Waals surface area contributed by atoms with Gasteiger partial charge >= 0.3 is 0 Å². The Morgan fingerprint density at radius 2 is 1.83 bits per heavy atom. The number of nitrogens with one attached hydrogen (secondary N) is 1. The molecule has 1 N–H and O–H groups in total. The minimum Gasteiger partial charge on any atom is -0.497 e. The number of hydrogen-bond acceptors (Lipinski definition) is 5. The summed E-state index contributed by atoms with van der Waals surface area (Å²) in [6, 6.07) is 13.1. The van der Waals surface area contributed by atoms with Crippen LogP contribution in [0, 0.1) is 5.82 Å². The number of carbonyl (C=O) groups excluding carboxylic acids is 1. The summed E-state index contributed by atoms with van der Waals surface area (Å²) in [4.78, 5) is 14.0. The van der Waals surface area contributed by atoms with Crippen molar-refractivity contribution in [2.24, 2.45) is 0 Å². The molecule has 9 heteroatoms. The van der Waals surface area contributed by atoms with E-state index in [0.29, 0.717) is 30.1 Å². The molecule has 29 heavy (non-hydrogen) atoms. The lowest BCUT2D eigenvalue weighted by atomic mass is 10.2. The summed E-state index contributed by atoms with van der Waals surface area (Å²) < 4.78 is 45.5. The molecule has 1 saturated heterocycles. The molecule has 0 aliphatic carbocycles. The second-order valence-electron chi connectivity index (χ2n) is 6.64. The Morgan fingerprint density at radius 1 is 1.10 bits per heavy atom. The van der Waals surface area contributed by atoms with E-state index in [1.807, 2.05) is 4.90 Å². The molecule has 1 aliphatic rings. The molecule has 1 aliphatic heterocycles. The number of rotatable bonds is 7. The van der Waals surface area contributed by atoms with Gasteiger partial charge in [0.1, 0.15) is 11.6 Å². The number of carbonyl (C=O) groups is 1. The molecular formula is C20H24FN3O4S. The third-order valence-corrected chi connectivity index (χ3v) is 6.67. The number of para-hydroxylation sites is 1. The topological polar surface area (TPSA) is 78.9 Å². The number of halogens is 1. The number of nitrogens with zero attached hydrogens (tertiary/aromatic N) is 2. The van der Waals surface area contributed by atoms with Crippen LogP contribution in [0.5, 0.6) is 5.75 Å². The van der Waals surface area contributed by atoms with Gasteiger partial charge in [-0.2, -0.15) is 4.31 Å². The molecule has 1 amide bonds. The summed E-state index contributed by atoms with van der Waals surface area (Å²) in [5.74, 6) is -0.312. The maximum absolute atomic E-state index is 13.9. The highest BCUT2D eigenvalue weighted by Gasteiger charge is 2.27. The number of ether oxygens (including phenoxy) is 1. The molecule has 3 rings (SSSR count). The van der Waals surface area contributed by atoms with E-state index in [1.54, 1.807) is 42.5 Å². The quantitative estimate of drug-likeness (QED) is 0.737. The molecule has 2 aromatic carbocycles. The van der Waals surface area contributed by atoms with E-state index in [1.165, 1.54) is 17.5 Å². The van der Waals surface area contributed by atoms with Crippen LogP contribution in [0.15, 0.2) is 48.5 Å². The van der Waals surface area contributed by atoms with Gasteiger partial charge in [0.25, 0.3) is 5.91 Å². The van der Waals surface area contributed by atoms with Crippen LogP contribution in [0.1, 0.15) is 10.4 Å². The van der Waals surface area contributed by atoms with Crippen molar-refractivity contribution in [1.82, 2.24) is 9.62 Å². The van der Waals surface area contributed by atoms with Gasteiger partial charge < -0.3 is 15.0 Å². The predicted molar refractivity (Wildman–Crippen MR) is 109 cm³/mol. The highest BCUT2D eigenvalue weighted by Crippen LogP contribution is 2.21. The van der Waals surface area contributed by atoms with Crippen LogP contribution in [-0.4, -0.2) is 64.2 Å². The van der Waals surface area contributed by atoms with Crippen molar-refractivity contribution in [3.63, 3.8) is 0 Å². The molecule has 7 nitrogen and oxygen atoms in total. The Kier molecular flexibility index (Phi) is 6.71. The number of sulfonamides is 1. The van der Waals surface area contributed by atoms with Gasteiger partial charge in [-0.15, -0.1) is 0 Å². The molecule has 0 saturated carbocycles. The maximum Gasteiger partial charge on any atom is 0.251 e. The number of hydrogen-bond donors (Lipinski definition) is 1. The van der Waals surface area contributed by atoms with Crippen molar-refractivity contribution in [2.45, 2.75) is 0 Å². The van der Waals surface area contributed by atoms with E-state index in [9.17, 15) is 17.6 Å². The zero-order chi connectivity index (χ0) is 20.9. The fraction of sp³-hybridized carbons (Fsp3) is 0.350. The predicted octanol–water partition coefficient (Wildman–Crippen LogP) is 1.72. The van der Waals surface area contributed by atoms with E-state index in [0.717, 1.165) is 0 Å². The first kappa shape index (κ1) is 21.1. The van der Waals surface area contributed by atoms with Gasteiger partial charge in [0.2, 0.25) is 10.0 Å². The van der Waals surface area contributed by atoms with Crippen LogP contribution >= 0.6 is 0 Å². The van der Waals surface area contributed by atoms with Crippen LogP contribution in [0.25, 0.3) is 0 Å². The van der Waals surface area contributed by atoms with Gasteiger partial charge in [0.15, 0.2) is 0 Å². The van der Waals surface area contributed by atoms with E-state index < -0.39 is 10.0 Å². The first-order valence-corrected chi connectivity index (χ1v) is 10.9. The van der Waals surface area contributed by atoms with Crippen LogP contribution in [0.2, 0.25) is 0 Å². The third kappa shape index (κ3) is 5.24. The summed E-state index contributed by atoms with van der Waals surface area (Å²) >= 11 is 0.